The van der Waals surface area contributed by atoms with Gasteiger partial charge in [-0.1, -0.05) is 17.7 Å². The predicted octanol–water partition coefficient (Wildman–Crippen LogP) is 4.10. The fourth-order valence-electron chi connectivity index (χ4n) is 3.85. The van der Waals surface area contributed by atoms with Crippen molar-refractivity contribution in [2.75, 3.05) is 17.1 Å². The van der Waals surface area contributed by atoms with E-state index in [1.54, 1.807) is 0 Å². The SMILES string of the molecule is Cc1ccc2c(c1)[C@@H](NC(=O)CCCN(c1ccc(F)cc1)S(C)(=O)=O)CC(C)(C)O2. The number of rotatable bonds is 7. The number of anilines is 1. The minimum Gasteiger partial charge on any atom is -0.487 e. The summed E-state index contributed by atoms with van der Waals surface area (Å²) >= 11 is 0. The summed E-state index contributed by atoms with van der Waals surface area (Å²) in [5.74, 6) is 0.181. The molecule has 0 saturated heterocycles. The van der Waals surface area contributed by atoms with Crippen LogP contribution in [0.1, 0.15) is 50.3 Å². The highest BCUT2D eigenvalue weighted by Crippen LogP contribution is 2.39. The lowest BCUT2D eigenvalue weighted by Gasteiger charge is -2.38. The minimum absolute atomic E-state index is 0.132. The topological polar surface area (TPSA) is 75.7 Å². The molecule has 8 heteroatoms. The fourth-order valence-corrected chi connectivity index (χ4v) is 4.81. The van der Waals surface area contributed by atoms with Crippen LogP contribution in [-0.4, -0.2) is 32.7 Å². The molecule has 0 aromatic heterocycles. The summed E-state index contributed by atoms with van der Waals surface area (Å²) in [6.45, 7) is 6.10. The van der Waals surface area contributed by atoms with Gasteiger partial charge in [0.2, 0.25) is 15.9 Å². The lowest BCUT2D eigenvalue weighted by molar-refractivity contribution is -0.122. The molecule has 1 N–H and O–H groups in total. The maximum absolute atomic E-state index is 13.2. The summed E-state index contributed by atoms with van der Waals surface area (Å²) in [6, 6.07) is 11.0. The summed E-state index contributed by atoms with van der Waals surface area (Å²) in [4.78, 5) is 12.7. The summed E-state index contributed by atoms with van der Waals surface area (Å²) < 4.78 is 44.8. The smallest absolute Gasteiger partial charge is 0.232 e. The van der Waals surface area contributed by atoms with E-state index in [-0.39, 0.29) is 24.9 Å². The number of fused-ring (bicyclic) bond motifs is 1. The first kappa shape index (κ1) is 23.1. The van der Waals surface area contributed by atoms with Gasteiger partial charge in [0.25, 0.3) is 0 Å². The third-order valence-electron chi connectivity index (χ3n) is 5.24. The minimum atomic E-state index is -3.55. The molecule has 1 heterocycles. The average molecular weight is 449 g/mol. The normalized spacial score (nSPS) is 17.4. The predicted molar refractivity (Wildman–Crippen MR) is 119 cm³/mol. The maximum Gasteiger partial charge on any atom is 0.232 e. The Labute approximate surface area is 183 Å². The van der Waals surface area contributed by atoms with Crippen molar-refractivity contribution < 1.29 is 22.3 Å². The average Bonchev–Trinajstić information content (AvgIpc) is 2.65. The second-order valence-corrected chi connectivity index (χ2v) is 10.5. The zero-order valence-electron chi connectivity index (χ0n) is 18.3. The molecule has 1 amide bonds. The van der Waals surface area contributed by atoms with Gasteiger partial charge in [0.05, 0.1) is 18.0 Å². The van der Waals surface area contributed by atoms with Gasteiger partial charge in [-0.25, -0.2) is 12.8 Å². The molecule has 0 saturated carbocycles. The Hall–Kier alpha value is -2.61. The van der Waals surface area contributed by atoms with Crippen molar-refractivity contribution in [1.29, 1.82) is 0 Å². The Bertz CT molecular complexity index is 1050. The number of sulfonamides is 1. The second-order valence-electron chi connectivity index (χ2n) is 8.64. The van der Waals surface area contributed by atoms with E-state index in [9.17, 15) is 17.6 Å². The molecule has 1 aliphatic rings. The molecule has 0 bridgehead atoms. The molecule has 0 fully saturated rings. The summed E-state index contributed by atoms with van der Waals surface area (Å²) in [6.07, 6.45) is 2.25. The quantitative estimate of drug-likeness (QED) is 0.692. The Morgan fingerprint density at radius 3 is 2.55 bits per heavy atom. The molecule has 0 radical (unpaired) electrons. The molecule has 6 nitrogen and oxygen atoms in total. The third kappa shape index (κ3) is 5.97. The number of halogens is 1. The molecule has 2 aromatic carbocycles. The van der Waals surface area contributed by atoms with Gasteiger partial charge in [-0.15, -0.1) is 0 Å². The van der Waals surface area contributed by atoms with Crippen molar-refractivity contribution in [3.63, 3.8) is 0 Å². The van der Waals surface area contributed by atoms with Crippen molar-refractivity contribution >= 4 is 21.6 Å². The van der Waals surface area contributed by atoms with Gasteiger partial charge in [0, 0.05) is 24.9 Å². The van der Waals surface area contributed by atoms with Gasteiger partial charge in [-0.2, -0.15) is 0 Å². The molecule has 3 rings (SSSR count). The van der Waals surface area contributed by atoms with Gasteiger partial charge < -0.3 is 10.1 Å². The van der Waals surface area contributed by atoms with Gasteiger partial charge in [0.15, 0.2) is 0 Å². The first-order valence-electron chi connectivity index (χ1n) is 10.3. The number of carbonyl (C=O) groups excluding carboxylic acids is 1. The van der Waals surface area contributed by atoms with Crippen LogP contribution in [0.15, 0.2) is 42.5 Å². The molecule has 1 aliphatic heterocycles. The van der Waals surface area contributed by atoms with Gasteiger partial charge >= 0.3 is 0 Å². The third-order valence-corrected chi connectivity index (χ3v) is 6.43. The van der Waals surface area contributed by atoms with E-state index in [4.69, 9.17) is 4.74 Å². The van der Waals surface area contributed by atoms with Crippen LogP contribution in [0.2, 0.25) is 0 Å². The highest BCUT2D eigenvalue weighted by atomic mass is 32.2. The lowest BCUT2D eigenvalue weighted by Crippen LogP contribution is -2.41. The highest BCUT2D eigenvalue weighted by molar-refractivity contribution is 7.92. The lowest BCUT2D eigenvalue weighted by atomic mass is 9.89. The van der Waals surface area contributed by atoms with Crippen molar-refractivity contribution in [3.05, 3.63) is 59.4 Å². The van der Waals surface area contributed by atoms with E-state index < -0.39 is 21.4 Å². The number of hydrogen-bond acceptors (Lipinski definition) is 4. The van der Waals surface area contributed by atoms with E-state index in [1.807, 2.05) is 39.0 Å². The summed E-state index contributed by atoms with van der Waals surface area (Å²) in [5, 5.41) is 3.08. The van der Waals surface area contributed by atoms with Crippen LogP contribution in [0.5, 0.6) is 5.75 Å². The van der Waals surface area contributed by atoms with E-state index in [2.05, 4.69) is 5.32 Å². The zero-order chi connectivity index (χ0) is 22.8. The molecule has 31 heavy (non-hydrogen) atoms. The molecule has 168 valence electrons. The van der Waals surface area contributed by atoms with E-state index in [1.165, 1.54) is 28.6 Å². The van der Waals surface area contributed by atoms with Crippen LogP contribution in [0.25, 0.3) is 0 Å². The van der Waals surface area contributed by atoms with Crippen LogP contribution in [0.4, 0.5) is 10.1 Å². The molecule has 0 unspecified atom stereocenters. The fraction of sp³-hybridized carbons (Fsp3) is 0.435. The number of amides is 1. The molecule has 2 aromatic rings. The molecule has 1 atom stereocenters. The monoisotopic (exact) mass is 448 g/mol. The maximum atomic E-state index is 13.2. The Balaban J connectivity index is 1.64. The van der Waals surface area contributed by atoms with Crippen LogP contribution < -0.4 is 14.4 Å². The number of benzene rings is 2. The summed E-state index contributed by atoms with van der Waals surface area (Å²) in [5.41, 5.74) is 2.01. The van der Waals surface area contributed by atoms with Crippen molar-refractivity contribution in [2.24, 2.45) is 0 Å². The van der Waals surface area contributed by atoms with Crippen molar-refractivity contribution in [3.8, 4) is 5.75 Å². The number of ether oxygens (including phenoxy) is 1. The number of aryl methyl sites for hydroxylation is 1. The van der Waals surface area contributed by atoms with E-state index >= 15 is 0 Å². The van der Waals surface area contributed by atoms with Gasteiger partial charge in [-0.05, 0) is 57.5 Å². The molecular weight excluding hydrogens is 419 g/mol. The number of carbonyl (C=O) groups is 1. The summed E-state index contributed by atoms with van der Waals surface area (Å²) in [7, 11) is -3.55. The van der Waals surface area contributed by atoms with Gasteiger partial charge in [-0.3, -0.25) is 9.10 Å². The molecular formula is C23H29FN2O4S. The highest BCUT2D eigenvalue weighted by Gasteiger charge is 2.34. The van der Waals surface area contributed by atoms with E-state index in [0.29, 0.717) is 18.5 Å². The van der Waals surface area contributed by atoms with Crippen LogP contribution >= 0.6 is 0 Å². The second kappa shape index (κ2) is 8.86. The Morgan fingerprint density at radius 1 is 1.23 bits per heavy atom. The Kier molecular flexibility index (Phi) is 6.59. The largest absolute Gasteiger partial charge is 0.487 e. The zero-order valence-corrected chi connectivity index (χ0v) is 19.1. The van der Waals surface area contributed by atoms with Crippen molar-refractivity contribution in [1.82, 2.24) is 5.32 Å². The number of nitrogens with one attached hydrogen (secondary N) is 1. The molecule has 0 aliphatic carbocycles. The Morgan fingerprint density at radius 2 is 1.90 bits per heavy atom. The van der Waals surface area contributed by atoms with Crippen molar-refractivity contribution in [2.45, 2.75) is 51.7 Å². The first-order valence-corrected chi connectivity index (χ1v) is 12.1. The standard InChI is InChI=1S/C23H29FN2O4S/c1-16-7-12-21-19(14-16)20(15-23(2,3)30-21)25-22(27)6-5-13-26(31(4,28)29)18-10-8-17(24)9-11-18/h7-12,14,20H,5-6,13,15H2,1-4H3,(H,25,27)/t20-/m0/s1. The number of nitrogens with zero attached hydrogens (tertiary/aromatic N) is 1. The number of hydrogen-bond donors (Lipinski definition) is 1. The first-order chi connectivity index (χ1) is 14.4. The van der Waals surface area contributed by atoms with Gasteiger partial charge in [0.1, 0.15) is 17.2 Å². The van der Waals surface area contributed by atoms with Crippen LogP contribution in [-0.2, 0) is 14.8 Å². The van der Waals surface area contributed by atoms with Crippen LogP contribution in [0, 0.1) is 12.7 Å². The molecule has 0 spiro atoms. The van der Waals surface area contributed by atoms with Crippen LogP contribution in [0.3, 0.4) is 0 Å². The van der Waals surface area contributed by atoms with E-state index in [0.717, 1.165) is 23.1 Å².